The summed E-state index contributed by atoms with van der Waals surface area (Å²) in [6.45, 7) is 3.32. The molecule has 100 valence electrons. The number of rotatable bonds is 8. The van der Waals surface area contributed by atoms with Gasteiger partial charge in [0, 0.05) is 24.2 Å². The smallest absolute Gasteiger partial charge is 0.123 e. The molecular formula is C14H19BrFNO. The quantitative estimate of drug-likeness (QED) is 0.741. The first-order valence-corrected chi connectivity index (χ1v) is 7.27. The van der Waals surface area contributed by atoms with E-state index in [1.807, 2.05) is 0 Å². The highest BCUT2D eigenvalue weighted by molar-refractivity contribution is 9.10. The van der Waals surface area contributed by atoms with Crippen molar-refractivity contribution in [1.82, 2.24) is 5.32 Å². The second-order valence-electron chi connectivity index (χ2n) is 4.78. The average Bonchev–Trinajstić information content (AvgIpc) is 3.16. The number of benzene rings is 1. The lowest BCUT2D eigenvalue weighted by Gasteiger charge is -2.07. The molecule has 0 radical (unpaired) electrons. The highest BCUT2D eigenvalue weighted by Gasteiger charge is 2.20. The summed E-state index contributed by atoms with van der Waals surface area (Å²) in [5.41, 5.74) is 0.953. The summed E-state index contributed by atoms with van der Waals surface area (Å²) in [6, 6.07) is 4.76. The molecule has 1 aromatic rings. The lowest BCUT2D eigenvalue weighted by Crippen LogP contribution is -2.17. The molecule has 2 rings (SSSR count). The molecule has 1 N–H and O–H groups in total. The van der Waals surface area contributed by atoms with E-state index in [1.165, 1.54) is 18.9 Å². The standard InChI is InChI=1S/C14H19BrFNO/c15-14-5-4-13(16)8-12(14)9-17-6-1-7-18-10-11-2-3-11/h4-5,8,11,17H,1-3,6-7,9-10H2. The topological polar surface area (TPSA) is 21.3 Å². The Morgan fingerprint density at radius 1 is 1.39 bits per heavy atom. The molecule has 0 amide bonds. The molecule has 0 atom stereocenters. The summed E-state index contributed by atoms with van der Waals surface area (Å²) in [7, 11) is 0. The van der Waals surface area contributed by atoms with Gasteiger partial charge in [0.1, 0.15) is 5.82 Å². The average molecular weight is 316 g/mol. The van der Waals surface area contributed by atoms with Gasteiger partial charge in [0.15, 0.2) is 0 Å². The maximum atomic E-state index is 13.0. The van der Waals surface area contributed by atoms with Gasteiger partial charge in [-0.05, 0) is 55.5 Å². The van der Waals surface area contributed by atoms with Crippen molar-refractivity contribution in [2.24, 2.45) is 5.92 Å². The van der Waals surface area contributed by atoms with Gasteiger partial charge < -0.3 is 10.1 Å². The van der Waals surface area contributed by atoms with E-state index in [4.69, 9.17) is 4.74 Å². The number of nitrogens with one attached hydrogen (secondary N) is 1. The molecule has 1 aliphatic rings. The SMILES string of the molecule is Fc1ccc(Br)c(CNCCCOCC2CC2)c1. The van der Waals surface area contributed by atoms with Crippen LogP contribution < -0.4 is 5.32 Å². The summed E-state index contributed by atoms with van der Waals surface area (Å²) in [6.07, 6.45) is 3.68. The van der Waals surface area contributed by atoms with Crippen molar-refractivity contribution in [2.45, 2.75) is 25.8 Å². The predicted octanol–water partition coefficient (Wildman–Crippen LogP) is 3.49. The van der Waals surface area contributed by atoms with E-state index in [2.05, 4.69) is 21.2 Å². The molecule has 0 spiro atoms. The van der Waals surface area contributed by atoms with Crippen LogP contribution in [0.5, 0.6) is 0 Å². The zero-order valence-electron chi connectivity index (χ0n) is 10.4. The number of halogens is 2. The van der Waals surface area contributed by atoms with E-state index in [1.54, 1.807) is 12.1 Å². The molecular weight excluding hydrogens is 297 g/mol. The first kappa shape index (κ1) is 14.0. The normalized spacial score (nSPS) is 15.0. The maximum Gasteiger partial charge on any atom is 0.123 e. The lowest BCUT2D eigenvalue weighted by atomic mass is 10.2. The minimum Gasteiger partial charge on any atom is -0.381 e. The molecule has 0 bridgehead atoms. The second kappa shape index (κ2) is 7.22. The monoisotopic (exact) mass is 315 g/mol. The molecule has 0 aromatic heterocycles. The fourth-order valence-electron chi connectivity index (χ4n) is 1.74. The zero-order chi connectivity index (χ0) is 12.8. The Balaban J connectivity index is 1.55. The van der Waals surface area contributed by atoms with E-state index in [0.29, 0.717) is 6.54 Å². The Kier molecular flexibility index (Phi) is 5.60. The van der Waals surface area contributed by atoms with E-state index in [-0.39, 0.29) is 5.82 Å². The number of ether oxygens (including phenoxy) is 1. The minimum atomic E-state index is -0.192. The van der Waals surface area contributed by atoms with Crippen LogP contribution in [0, 0.1) is 11.7 Å². The van der Waals surface area contributed by atoms with Gasteiger partial charge in [0.25, 0.3) is 0 Å². The lowest BCUT2D eigenvalue weighted by molar-refractivity contribution is 0.122. The first-order valence-electron chi connectivity index (χ1n) is 6.48. The molecule has 4 heteroatoms. The van der Waals surface area contributed by atoms with Crippen molar-refractivity contribution in [2.75, 3.05) is 19.8 Å². The summed E-state index contributed by atoms with van der Waals surface area (Å²) in [4.78, 5) is 0. The van der Waals surface area contributed by atoms with Crippen LogP contribution in [-0.2, 0) is 11.3 Å². The summed E-state index contributed by atoms with van der Waals surface area (Å²) < 4.78 is 19.5. The van der Waals surface area contributed by atoms with Crippen LogP contribution in [0.4, 0.5) is 4.39 Å². The molecule has 18 heavy (non-hydrogen) atoms. The van der Waals surface area contributed by atoms with Crippen LogP contribution >= 0.6 is 15.9 Å². The van der Waals surface area contributed by atoms with Crippen molar-refractivity contribution in [1.29, 1.82) is 0 Å². The van der Waals surface area contributed by atoms with Gasteiger partial charge in [-0.2, -0.15) is 0 Å². The molecule has 1 fully saturated rings. The fourth-order valence-corrected chi connectivity index (χ4v) is 2.12. The zero-order valence-corrected chi connectivity index (χ0v) is 12.0. The predicted molar refractivity (Wildman–Crippen MR) is 74.0 cm³/mol. The molecule has 0 aliphatic heterocycles. The van der Waals surface area contributed by atoms with E-state index >= 15 is 0 Å². The Morgan fingerprint density at radius 2 is 2.22 bits per heavy atom. The fraction of sp³-hybridized carbons (Fsp3) is 0.571. The van der Waals surface area contributed by atoms with Gasteiger partial charge >= 0.3 is 0 Å². The number of hydrogen-bond donors (Lipinski definition) is 1. The van der Waals surface area contributed by atoms with Crippen molar-refractivity contribution < 1.29 is 9.13 Å². The van der Waals surface area contributed by atoms with Crippen LogP contribution in [0.15, 0.2) is 22.7 Å². The Labute approximate surface area is 116 Å². The minimum absolute atomic E-state index is 0.192. The van der Waals surface area contributed by atoms with Crippen molar-refractivity contribution in [3.05, 3.63) is 34.1 Å². The van der Waals surface area contributed by atoms with Crippen LogP contribution in [0.1, 0.15) is 24.8 Å². The third-order valence-electron chi connectivity index (χ3n) is 3.02. The van der Waals surface area contributed by atoms with Crippen molar-refractivity contribution >= 4 is 15.9 Å². The van der Waals surface area contributed by atoms with Gasteiger partial charge in [0.05, 0.1) is 0 Å². The molecule has 1 aromatic carbocycles. The molecule has 2 nitrogen and oxygen atoms in total. The Hall–Kier alpha value is -0.450. The van der Waals surface area contributed by atoms with Crippen LogP contribution in [0.2, 0.25) is 0 Å². The largest absolute Gasteiger partial charge is 0.381 e. The van der Waals surface area contributed by atoms with E-state index in [0.717, 1.165) is 42.1 Å². The van der Waals surface area contributed by atoms with Crippen LogP contribution in [0.3, 0.4) is 0 Å². The molecule has 1 aliphatic carbocycles. The second-order valence-corrected chi connectivity index (χ2v) is 5.64. The summed E-state index contributed by atoms with van der Waals surface area (Å²) >= 11 is 3.42. The van der Waals surface area contributed by atoms with Crippen molar-refractivity contribution in [3.63, 3.8) is 0 Å². The van der Waals surface area contributed by atoms with Crippen LogP contribution in [-0.4, -0.2) is 19.8 Å². The van der Waals surface area contributed by atoms with Gasteiger partial charge in [-0.1, -0.05) is 15.9 Å². The van der Waals surface area contributed by atoms with Crippen molar-refractivity contribution in [3.8, 4) is 0 Å². The summed E-state index contributed by atoms with van der Waals surface area (Å²) in [5.74, 6) is 0.643. The molecule has 0 saturated heterocycles. The summed E-state index contributed by atoms with van der Waals surface area (Å²) in [5, 5.41) is 3.30. The van der Waals surface area contributed by atoms with E-state index < -0.39 is 0 Å². The molecule has 0 unspecified atom stereocenters. The molecule has 0 heterocycles. The highest BCUT2D eigenvalue weighted by Crippen LogP contribution is 2.28. The first-order chi connectivity index (χ1) is 8.75. The van der Waals surface area contributed by atoms with Gasteiger partial charge in [0.2, 0.25) is 0 Å². The Morgan fingerprint density at radius 3 is 3.00 bits per heavy atom. The number of hydrogen-bond acceptors (Lipinski definition) is 2. The third kappa shape index (κ3) is 5.04. The van der Waals surface area contributed by atoms with Gasteiger partial charge in [-0.15, -0.1) is 0 Å². The van der Waals surface area contributed by atoms with Gasteiger partial charge in [-0.3, -0.25) is 0 Å². The molecule has 1 saturated carbocycles. The van der Waals surface area contributed by atoms with E-state index in [9.17, 15) is 4.39 Å². The maximum absolute atomic E-state index is 13.0. The van der Waals surface area contributed by atoms with Crippen LogP contribution in [0.25, 0.3) is 0 Å². The third-order valence-corrected chi connectivity index (χ3v) is 3.79. The van der Waals surface area contributed by atoms with Gasteiger partial charge in [-0.25, -0.2) is 4.39 Å². The Bertz CT molecular complexity index is 382. The highest BCUT2D eigenvalue weighted by atomic mass is 79.9.